The number of benzene rings is 2. The fourth-order valence-electron chi connectivity index (χ4n) is 10.8. The molecule has 1 radical (unpaired) electrons. The van der Waals surface area contributed by atoms with Gasteiger partial charge in [0.25, 0.3) is 0 Å². The van der Waals surface area contributed by atoms with E-state index in [0.29, 0.717) is 35.6 Å². The minimum atomic E-state index is -0.193. The molecule has 4 fully saturated rings. The molecular formula is C44H56BrN5O6Y. The van der Waals surface area contributed by atoms with Crippen LogP contribution in [0.15, 0.2) is 48.5 Å². The molecular weight excluding hydrogens is 863 g/mol. The maximum absolute atomic E-state index is 10.4. The molecule has 0 unspecified atom stereocenters. The average Bonchev–Trinajstić information content (AvgIpc) is 3.76. The van der Waals surface area contributed by atoms with Gasteiger partial charge in [0.1, 0.15) is 6.04 Å². The summed E-state index contributed by atoms with van der Waals surface area (Å²) in [7, 11) is 0. The number of piperidine rings is 2. The van der Waals surface area contributed by atoms with Gasteiger partial charge in [-0.1, -0.05) is 73.6 Å². The molecule has 11 nitrogen and oxygen atoms in total. The Morgan fingerprint density at radius 2 is 1.30 bits per heavy atom. The van der Waals surface area contributed by atoms with Gasteiger partial charge in [-0.3, -0.25) is 4.90 Å². The number of para-hydroxylation sites is 2. The summed E-state index contributed by atoms with van der Waals surface area (Å²) in [6.07, 6.45) is 8.62. The number of hydrogen-bond acceptors (Lipinski definition) is 8. The van der Waals surface area contributed by atoms with Crippen LogP contribution in [-0.4, -0.2) is 79.6 Å². The van der Waals surface area contributed by atoms with Crippen LogP contribution in [0.4, 0.5) is 0 Å². The zero-order valence-electron chi connectivity index (χ0n) is 32.2. The number of aliphatic hydroxyl groups excluding tert-OH is 2. The third kappa shape index (κ3) is 9.75. The largest absolute Gasteiger partial charge is 0.393 e. The number of H-pyrrole nitrogens is 2. The summed E-state index contributed by atoms with van der Waals surface area (Å²) in [4.78, 5) is 46.5. The minimum absolute atomic E-state index is 0. The van der Waals surface area contributed by atoms with Gasteiger partial charge in [-0.2, -0.15) is 30.7 Å². The molecule has 4 aromatic rings. The number of carbonyl (C=O) groups excluding carboxylic acids is 4. The second kappa shape index (κ2) is 21.3. The third-order valence-corrected chi connectivity index (χ3v) is 14.0. The van der Waals surface area contributed by atoms with Gasteiger partial charge in [0.15, 0.2) is 0 Å². The van der Waals surface area contributed by atoms with Gasteiger partial charge in [0, 0.05) is 84.3 Å². The number of halogens is 1. The molecule has 2 saturated heterocycles. The van der Waals surface area contributed by atoms with Crippen molar-refractivity contribution in [3.63, 3.8) is 0 Å². The monoisotopic (exact) mass is 918 g/mol. The summed E-state index contributed by atoms with van der Waals surface area (Å²) in [5.41, 5.74) is 7.99. The van der Waals surface area contributed by atoms with E-state index in [1.807, 2.05) is 5.01 Å². The summed E-state index contributed by atoms with van der Waals surface area (Å²) in [5.74, 6) is 3.25. The van der Waals surface area contributed by atoms with E-state index in [1.165, 1.54) is 65.6 Å². The van der Waals surface area contributed by atoms with Gasteiger partial charge in [-0.15, -0.1) is 5.01 Å². The molecule has 57 heavy (non-hydrogen) atoms. The van der Waals surface area contributed by atoms with Crippen molar-refractivity contribution in [3.05, 3.63) is 82.6 Å². The molecule has 3 aliphatic heterocycles. The van der Waals surface area contributed by atoms with E-state index in [-0.39, 0.29) is 70.7 Å². The van der Waals surface area contributed by atoms with Gasteiger partial charge in [0.05, 0.1) is 24.8 Å². The van der Waals surface area contributed by atoms with Crippen LogP contribution in [0, 0.1) is 42.1 Å². The van der Waals surface area contributed by atoms with Crippen LogP contribution in [0.3, 0.4) is 0 Å². The normalized spacial score (nSPS) is 29.7. The number of aliphatic hydroxyl groups is 2. The fraction of sp³-hybridized carbons (Fsp3) is 0.568. The molecule has 5 aliphatic rings. The van der Waals surface area contributed by atoms with Gasteiger partial charge in [-0.05, 0) is 110 Å². The number of nitrogens with zero attached hydrogens (tertiary/aromatic N) is 3. The molecule has 2 aromatic heterocycles. The molecule has 10 atom stereocenters. The van der Waals surface area contributed by atoms with E-state index in [9.17, 15) is 10.2 Å². The standard InChI is InChI=1S/C21H26BrN3O.C20H26N2O.2CO2.CH4.Y/c1-13-17-11-19(25(23-2)12-14(17)7-8-20(13)26)21-16(9-10-22)15-5-3-4-6-18(15)24-21;1-12-16-10-18-20-15(14-4-2-3-5-17(14)21-20)8-9-22(18)11-13(16)6-7-19(12)23;2*2-1-3;;/h3-6,13-14,17,19-20,24,26H,7-12H2,1H3;2-5,12-13,16,18-19,21,23H,6-11H2,1H3;;;1H4;/t13-,14+,17-,19+,20+;12-,13+,16-,18+,19+;;;;/m11..../s1. The molecule has 2 saturated carbocycles. The number of aromatic amines is 2. The Hall–Kier alpha value is -2.97. The van der Waals surface area contributed by atoms with Crippen LogP contribution in [0.1, 0.15) is 94.4 Å². The van der Waals surface area contributed by atoms with E-state index in [1.54, 1.807) is 5.56 Å². The van der Waals surface area contributed by atoms with Crippen LogP contribution in [0.5, 0.6) is 0 Å². The van der Waals surface area contributed by atoms with Crippen molar-refractivity contribution in [2.24, 2.45) is 35.5 Å². The van der Waals surface area contributed by atoms with Crippen molar-refractivity contribution >= 4 is 50.0 Å². The minimum Gasteiger partial charge on any atom is -0.393 e. The maximum atomic E-state index is 10.4. The Morgan fingerprint density at radius 3 is 1.88 bits per heavy atom. The predicted molar refractivity (Wildman–Crippen MR) is 217 cm³/mol. The molecule has 4 N–H and O–H groups in total. The summed E-state index contributed by atoms with van der Waals surface area (Å²) < 4.78 is 0. The number of aromatic nitrogens is 2. The Kier molecular flexibility index (Phi) is 17.5. The van der Waals surface area contributed by atoms with Gasteiger partial charge in [-0.25, -0.2) is 0 Å². The summed E-state index contributed by atoms with van der Waals surface area (Å²) >= 11 is 3.60. The number of alkyl halides is 1. The van der Waals surface area contributed by atoms with E-state index in [0.717, 1.165) is 55.4 Å². The van der Waals surface area contributed by atoms with E-state index in [2.05, 4.69) is 98.1 Å². The van der Waals surface area contributed by atoms with Crippen LogP contribution < -0.4 is 0 Å². The first kappa shape index (κ1) is 46.7. The van der Waals surface area contributed by atoms with Crippen LogP contribution >= 0.6 is 15.9 Å². The zero-order valence-corrected chi connectivity index (χ0v) is 36.6. The van der Waals surface area contributed by atoms with E-state index >= 15 is 0 Å². The van der Waals surface area contributed by atoms with Crippen molar-refractivity contribution in [1.82, 2.24) is 19.9 Å². The van der Waals surface area contributed by atoms with Crippen molar-refractivity contribution in [3.8, 4) is 0 Å². The molecule has 2 aliphatic carbocycles. The third-order valence-electron chi connectivity index (χ3n) is 13.6. The van der Waals surface area contributed by atoms with Crippen LogP contribution in [-0.2, 0) is 64.7 Å². The first-order valence-corrected chi connectivity index (χ1v) is 20.8. The summed E-state index contributed by atoms with van der Waals surface area (Å²) in [6, 6.07) is 17.8. The first-order valence-electron chi connectivity index (χ1n) is 19.7. The fourth-order valence-corrected chi connectivity index (χ4v) is 11.2. The maximum Gasteiger partial charge on any atom is 0.373 e. The number of hydrogen-bond donors (Lipinski definition) is 4. The van der Waals surface area contributed by atoms with E-state index in [4.69, 9.17) is 25.8 Å². The molecule has 9 rings (SSSR count). The molecule has 303 valence electrons. The van der Waals surface area contributed by atoms with E-state index < -0.39 is 0 Å². The number of rotatable bonds is 3. The smallest absolute Gasteiger partial charge is 0.373 e. The van der Waals surface area contributed by atoms with Gasteiger partial charge >= 0.3 is 12.3 Å². The molecule has 2 aromatic carbocycles. The Balaban J connectivity index is 0.000000216. The second-order valence-electron chi connectivity index (χ2n) is 16.1. The Morgan fingerprint density at radius 1 is 0.789 bits per heavy atom. The summed E-state index contributed by atoms with van der Waals surface area (Å²) in [6.45, 7) is 15.5. The van der Waals surface area contributed by atoms with Crippen molar-refractivity contribution in [2.75, 3.05) is 25.0 Å². The number of nitrogens with one attached hydrogen (secondary N) is 2. The Labute approximate surface area is 369 Å². The number of fused-ring (bicyclic) bond motifs is 8. The molecule has 0 bridgehead atoms. The Bertz CT molecular complexity index is 2020. The predicted octanol–water partition coefficient (Wildman–Crippen LogP) is 7.67. The van der Waals surface area contributed by atoms with Crippen LogP contribution in [0.2, 0.25) is 0 Å². The van der Waals surface area contributed by atoms with Crippen molar-refractivity contribution < 1.29 is 62.1 Å². The van der Waals surface area contributed by atoms with Crippen LogP contribution in [0.25, 0.3) is 26.8 Å². The van der Waals surface area contributed by atoms with Crippen molar-refractivity contribution in [2.45, 2.75) is 96.9 Å². The van der Waals surface area contributed by atoms with Gasteiger partial charge in [0.2, 0.25) is 0 Å². The average molecular weight is 920 g/mol. The quantitative estimate of drug-likeness (QED) is 0.121. The molecule has 0 amide bonds. The number of aryl methyl sites for hydroxylation is 1. The summed E-state index contributed by atoms with van der Waals surface area (Å²) in [5, 5.41) is 26.2. The SMILES string of the molecule is C.C[C@@H]1[C@H]2C[C@H]3c4[nH]c5ccccc5c4CCN3C[C@@H]2CC[C@@H]1O.O=C=O.O=C=O.[C-]#[N+]N1C[C@@H]2CC[C@H](O)[C@H](C)[C@H]2C[C@H]1c1[nH]c2ccccc2c1CCBr.[Y]. The molecule has 13 heteroatoms. The van der Waals surface area contributed by atoms with Gasteiger partial charge < -0.3 is 20.2 Å². The molecule has 5 heterocycles. The van der Waals surface area contributed by atoms with Crippen molar-refractivity contribution in [1.29, 1.82) is 0 Å². The first-order chi connectivity index (χ1) is 26.7. The molecule has 0 spiro atoms. The second-order valence-corrected chi connectivity index (χ2v) is 16.8. The zero-order chi connectivity index (χ0) is 39.2. The topological polar surface area (TPSA) is 151 Å².